The van der Waals surface area contributed by atoms with Crippen molar-refractivity contribution in [1.82, 2.24) is 10.2 Å². The molecule has 1 amide bonds. The average molecular weight is 322 g/mol. The van der Waals surface area contributed by atoms with Crippen LogP contribution in [0.2, 0.25) is 0 Å². The molecule has 2 rings (SSSR count). The fourth-order valence-electron chi connectivity index (χ4n) is 1.65. The molecule has 7 heteroatoms. The molecule has 0 atom stereocenters. The Morgan fingerprint density at radius 2 is 2.14 bits per heavy atom. The Bertz CT molecular complexity index is 613. The summed E-state index contributed by atoms with van der Waals surface area (Å²) in [5, 5.41) is 12.3. The molecule has 0 unspecified atom stereocenters. The highest BCUT2D eigenvalue weighted by Gasteiger charge is 2.10. The van der Waals surface area contributed by atoms with Gasteiger partial charge in [0, 0.05) is 17.0 Å². The van der Waals surface area contributed by atoms with Gasteiger partial charge in [0.15, 0.2) is 0 Å². The van der Waals surface area contributed by atoms with Crippen molar-refractivity contribution in [2.24, 2.45) is 5.92 Å². The van der Waals surface area contributed by atoms with Crippen LogP contribution in [0.1, 0.15) is 18.9 Å². The summed E-state index contributed by atoms with van der Waals surface area (Å²) in [7, 11) is 0. The maximum Gasteiger partial charge on any atom is 0.236 e. The van der Waals surface area contributed by atoms with Crippen LogP contribution in [-0.2, 0) is 11.2 Å². The molecule has 2 aromatic rings. The minimum Gasteiger partial charge on any atom is -0.398 e. The standard InChI is InChI=1S/C14H18N4OS2/c1-9(2)7-13-17-18-14(21-13)16-12(19)8-20-11-6-4-3-5-10(11)15/h3-6,9H,7-8,15H2,1-2H3,(H,16,18,19). The molecule has 0 saturated carbocycles. The monoisotopic (exact) mass is 322 g/mol. The van der Waals surface area contributed by atoms with Gasteiger partial charge in [-0.25, -0.2) is 0 Å². The van der Waals surface area contributed by atoms with Crippen molar-refractivity contribution < 1.29 is 4.79 Å². The molecular weight excluding hydrogens is 304 g/mol. The van der Waals surface area contributed by atoms with Crippen LogP contribution in [0.15, 0.2) is 29.2 Å². The Morgan fingerprint density at radius 1 is 1.38 bits per heavy atom. The summed E-state index contributed by atoms with van der Waals surface area (Å²) in [4.78, 5) is 12.8. The van der Waals surface area contributed by atoms with E-state index in [1.807, 2.05) is 24.3 Å². The molecule has 21 heavy (non-hydrogen) atoms. The van der Waals surface area contributed by atoms with Gasteiger partial charge in [-0.3, -0.25) is 10.1 Å². The lowest BCUT2D eigenvalue weighted by Crippen LogP contribution is -2.13. The normalized spacial score (nSPS) is 10.8. The van der Waals surface area contributed by atoms with Crippen LogP contribution in [0.3, 0.4) is 0 Å². The topological polar surface area (TPSA) is 80.9 Å². The Kier molecular flexibility index (Phi) is 5.58. The fraction of sp³-hybridized carbons (Fsp3) is 0.357. The van der Waals surface area contributed by atoms with Crippen molar-refractivity contribution in [2.45, 2.75) is 25.2 Å². The third-order valence-corrected chi connectivity index (χ3v) is 4.52. The molecule has 0 bridgehead atoms. The molecule has 1 aromatic carbocycles. The second-order valence-electron chi connectivity index (χ2n) is 4.97. The number of carbonyl (C=O) groups is 1. The van der Waals surface area contributed by atoms with Gasteiger partial charge >= 0.3 is 0 Å². The van der Waals surface area contributed by atoms with Crippen molar-refractivity contribution in [1.29, 1.82) is 0 Å². The van der Waals surface area contributed by atoms with Gasteiger partial charge in [-0.2, -0.15) is 0 Å². The largest absolute Gasteiger partial charge is 0.398 e. The van der Waals surface area contributed by atoms with Gasteiger partial charge in [0.05, 0.1) is 5.75 Å². The first-order valence-electron chi connectivity index (χ1n) is 6.64. The molecular formula is C14H18N4OS2. The average Bonchev–Trinajstić information content (AvgIpc) is 2.84. The first-order chi connectivity index (χ1) is 10.0. The predicted octanol–water partition coefficient (Wildman–Crippen LogP) is 3.05. The number of para-hydroxylation sites is 1. The zero-order chi connectivity index (χ0) is 15.2. The van der Waals surface area contributed by atoms with Gasteiger partial charge in [0.25, 0.3) is 0 Å². The van der Waals surface area contributed by atoms with E-state index in [1.165, 1.54) is 23.1 Å². The highest BCUT2D eigenvalue weighted by Crippen LogP contribution is 2.24. The second-order valence-corrected chi connectivity index (χ2v) is 7.05. The van der Waals surface area contributed by atoms with Gasteiger partial charge in [-0.05, 0) is 18.1 Å². The zero-order valence-corrected chi connectivity index (χ0v) is 13.6. The number of anilines is 2. The molecule has 0 aliphatic carbocycles. The van der Waals surface area contributed by atoms with Crippen LogP contribution in [0.4, 0.5) is 10.8 Å². The van der Waals surface area contributed by atoms with Crippen molar-refractivity contribution >= 4 is 39.8 Å². The van der Waals surface area contributed by atoms with E-state index >= 15 is 0 Å². The van der Waals surface area contributed by atoms with Crippen LogP contribution in [-0.4, -0.2) is 21.9 Å². The van der Waals surface area contributed by atoms with E-state index in [9.17, 15) is 4.79 Å². The van der Waals surface area contributed by atoms with Gasteiger partial charge < -0.3 is 5.73 Å². The van der Waals surface area contributed by atoms with Crippen molar-refractivity contribution in [2.75, 3.05) is 16.8 Å². The van der Waals surface area contributed by atoms with E-state index in [4.69, 9.17) is 5.73 Å². The number of nitrogen functional groups attached to an aromatic ring is 1. The van der Waals surface area contributed by atoms with E-state index in [2.05, 4.69) is 29.4 Å². The van der Waals surface area contributed by atoms with E-state index < -0.39 is 0 Å². The van der Waals surface area contributed by atoms with Gasteiger partial charge in [0.1, 0.15) is 5.01 Å². The van der Waals surface area contributed by atoms with Crippen molar-refractivity contribution in [3.05, 3.63) is 29.3 Å². The number of rotatable bonds is 6. The number of hydrogen-bond donors (Lipinski definition) is 2. The highest BCUT2D eigenvalue weighted by atomic mass is 32.2. The molecule has 1 aromatic heterocycles. The number of thioether (sulfide) groups is 1. The number of aromatic nitrogens is 2. The Balaban J connectivity index is 1.84. The quantitative estimate of drug-likeness (QED) is 0.631. The number of carbonyl (C=O) groups excluding carboxylic acids is 1. The van der Waals surface area contributed by atoms with Gasteiger partial charge in [-0.1, -0.05) is 37.3 Å². The maximum atomic E-state index is 11.9. The Labute approximate surface area is 132 Å². The van der Waals surface area contributed by atoms with Crippen LogP contribution < -0.4 is 11.1 Å². The number of hydrogen-bond acceptors (Lipinski definition) is 6. The van der Waals surface area contributed by atoms with Gasteiger partial charge in [0.2, 0.25) is 11.0 Å². The molecule has 3 N–H and O–H groups in total. The molecule has 1 heterocycles. The number of benzene rings is 1. The summed E-state index contributed by atoms with van der Waals surface area (Å²) < 4.78 is 0. The summed E-state index contributed by atoms with van der Waals surface area (Å²) in [6.07, 6.45) is 0.878. The summed E-state index contributed by atoms with van der Waals surface area (Å²) in [5.74, 6) is 0.724. The van der Waals surface area contributed by atoms with Crippen molar-refractivity contribution in [3.8, 4) is 0 Å². The van der Waals surface area contributed by atoms with Crippen LogP contribution in [0.25, 0.3) is 0 Å². The Hall–Kier alpha value is -1.60. The first-order valence-corrected chi connectivity index (χ1v) is 8.44. The van der Waals surface area contributed by atoms with Crippen LogP contribution >= 0.6 is 23.1 Å². The lowest BCUT2D eigenvalue weighted by Gasteiger charge is -2.04. The third kappa shape index (κ3) is 5.02. The van der Waals surface area contributed by atoms with Crippen LogP contribution in [0, 0.1) is 5.92 Å². The highest BCUT2D eigenvalue weighted by molar-refractivity contribution is 8.00. The SMILES string of the molecule is CC(C)Cc1nnc(NC(=O)CSc2ccccc2N)s1. The Morgan fingerprint density at radius 3 is 2.86 bits per heavy atom. The van der Waals surface area contributed by atoms with E-state index in [-0.39, 0.29) is 5.91 Å². The zero-order valence-electron chi connectivity index (χ0n) is 12.0. The minimum absolute atomic E-state index is 0.101. The predicted molar refractivity (Wildman–Crippen MR) is 88.7 cm³/mol. The smallest absolute Gasteiger partial charge is 0.236 e. The summed E-state index contributed by atoms with van der Waals surface area (Å²) in [5.41, 5.74) is 6.52. The molecule has 0 radical (unpaired) electrons. The number of nitrogens with one attached hydrogen (secondary N) is 1. The molecule has 112 valence electrons. The molecule has 0 fully saturated rings. The molecule has 0 saturated heterocycles. The maximum absolute atomic E-state index is 11.9. The summed E-state index contributed by atoms with van der Waals surface area (Å²) in [6, 6.07) is 7.50. The summed E-state index contributed by atoms with van der Waals surface area (Å²) in [6.45, 7) is 4.25. The lowest BCUT2D eigenvalue weighted by atomic mass is 10.1. The molecule has 0 aliphatic rings. The number of nitrogens with zero attached hydrogens (tertiary/aromatic N) is 2. The van der Waals surface area contributed by atoms with Crippen molar-refractivity contribution in [3.63, 3.8) is 0 Å². The third-order valence-electron chi connectivity index (χ3n) is 2.57. The molecule has 0 spiro atoms. The van der Waals surface area contributed by atoms with E-state index in [0.29, 0.717) is 22.5 Å². The lowest BCUT2D eigenvalue weighted by molar-refractivity contribution is -0.113. The van der Waals surface area contributed by atoms with E-state index in [0.717, 1.165) is 16.3 Å². The van der Waals surface area contributed by atoms with E-state index in [1.54, 1.807) is 0 Å². The summed E-state index contributed by atoms with van der Waals surface area (Å²) >= 11 is 2.84. The fourth-order valence-corrected chi connectivity index (χ4v) is 3.38. The minimum atomic E-state index is -0.101. The second kappa shape index (κ2) is 7.42. The van der Waals surface area contributed by atoms with Crippen LogP contribution in [0.5, 0.6) is 0 Å². The number of nitrogens with two attached hydrogens (primary N) is 1. The molecule has 5 nitrogen and oxygen atoms in total. The number of amides is 1. The van der Waals surface area contributed by atoms with Gasteiger partial charge in [-0.15, -0.1) is 22.0 Å². The molecule has 0 aliphatic heterocycles. The first kappa shape index (κ1) is 15.8.